The molecule has 0 atom stereocenters. The van der Waals surface area contributed by atoms with E-state index in [-0.39, 0.29) is 24.8 Å². The van der Waals surface area contributed by atoms with Crippen LogP contribution in [0.3, 0.4) is 0 Å². The van der Waals surface area contributed by atoms with Crippen molar-refractivity contribution in [3.05, 3.63) is 50.6 Å². The Hall–Kier alpha value is 0.228. The van der Waals surface area contributed by atoms with Crippen LogP contribution in [0.5, 0.6) is 5.75 Å². The second kappa shape index (κ2) is 9.80. The number of halogens is 2. The predicted molar refractivity (Wildman–Crippen MR) is 114 cm³/mol. The zero-order chi connectivity index (χ0) is 16.5. The summed E-state index contributed by atoms with van der Waals surface area (Å²) in [6.07, 6.45) is 5.94. The predicted octanol–water partition coefficient (Wildman–Crippen LogP) is 6.13. The van der Waals surface area contributed by atoms with Crippen LogP contribution in [0.15, 0.2) is 39.4 Å². The Labute approximate surface area is 168 Å². The molecule has 24 heavy (non-hydrogen) atoms. The van der Waals surface area contributed by atoms with Gasteiger partial charge >= 0.3 is 145 Å². The Bertz CT molecular complexity index is 602. The monoisotopic (exact) mass is 437 g/mol. The number of hydrogen-bond donors (Lipinski definition) is 0. The van der Waals surface area contributed by atoms with Crippen LogP contribution in [-0.4, -0.2) is 14.7 Å². The van der Waals surface area contributed by atoms with Crippen molar-refractivity contribution in [2.45, 2.75) is 53.0 Å². The third kappa shape index (κ3) is 6.19. The van der Waals surface area contributed by atoms with Gasteiger partial charge in [0.2, 0.25) is 0 Å². The quantitative estimate of drug-likeness (QED) is 0.503. The molecular formula is C18H31Cl2OSi2Ti. The van der Waals surface area contributed by atoms with Crippen molar-refractivity contribution in [1.29, 1.82) is 0 Å². The van der Waals surface area contributed by atoms with Gasteiger partial charge in [-0.2, -0.15) is 0 Å². The Morgan fingerprint density at radius 2 is 1.54 bits per heavy atom. The summed E-state index contributed by atoms with van der Waals surface area (Å²) in [5, 5.41) is 1.69. The van der Waals surface area contributed by atoms with Crippen molar-refractivity contribution >= 4 is 39.6 Å². The molecule has 0 N–H and O–H groups in total. The molecule has 0 unspecified atom stereocenters. The minimum Gasteiger partial charge on any atom is -0.147 e. The van der Waals surface area contributed by atoms with E-state index in [1.165, 1.54) is 11.1 Å². The van der Waals surface area contributed by atoms with Crippen LogP contribution in [0.4, 0.5) is 0 Å². The van der Waals surface area contributed by atoms with Gasteiger partial charge in [0.1, 0.15) is 0 Å². The molecule has 1 aromatic carbocycles. The topological polar surface area (TPSA) is 9.23 Å². The molecule has 0 heterocycles. The van der Waals surface area contributed by atoms with Gasteiger partial charge in [-0.05, 0) is 0 Å². The van der Waals surface area contributed by atoms with Crippen LogP contribution in [0, 0.1) is 13.8 Å². The summed E-state index contributed by atoms with van der Waals surface area (Å²) in [7, 11) is -1.26. The van der Waals surface area contributed by atoms with E-state index in [0.717, 1.165) is 12.2 Å². The minimum atomic E-state index is -1.62. The van der Waals surface area contributed by atoms with E-state index in [9.17, 15) is 0 Å². The van der Waals surface area contributed by atoms with Gasteiger partial charge < -0.3 is 0 Å². The zero-order valence-electron chi connectivity index (χ0n) is 15.9. The van der Waals surface area contributed by atoms with Crippen molar-refractivity contribution in [2.75, 3.05) is 0 Å². The molecule has 1 nitrogen and oxygen atoms in total. The summed E-state index contributed by atoms with van der Waals surface area (Å²) in [6.45, 7) is 15.9. The maximum absolute atomic E-state index is 6.70. The summed E-state index contributed by atoms with van der Waals surface area (Å²) in [5.74, 6) is 1.11. The van der Waals surface area contributed by atoms with E-state index in [2.05, 4.69) is 76.9 Å². The molecule has 0 aromatic heterocycles. The average molecular weight is 438 g/mol. The second-order valence-corrected chi connectivity index (χ2v) is 25.0. The molecule has 0 saturated carbocycles. The van der Waals surface area contributed by atoms with Gasteiger partial charge in [-0.1, -0.05) is 0 Å². The normalized spacial score (nSPS) is 13.7. The maximum atomic E-state index is 6.70. The molecule has 0 spiro atoms. The number of benzene rings is 1. The fourth-order valence-corrected chi connectivity index (χ4v) is 16.4. The second-order valence-electron chi connectivity index (χ2n) is 7.69. The van der Waals surface area contributed by atoms with E-state index in [1.807, 2.05) is 0 Å². The summed E-state index contributed by atoms with van der Waals surface area (Å²) in [5.41, 5.74) is 2.61. The zero-order valence-corrected chi connectivity index (χ0v) is 21.2. The van der Waals surface area contributed by atoms with Crippen LogP contribution < -0.4 is 3.32 Å². The van der Waals surface area contributed by atoms with Gasteiger partial charge in [-0.3, -0.25) is 0 Å². The Morgan fingerprint density at radius 1 is 1.00 bits per heavy atom. The first-order valence-electron chi connectivity index (χ1n) is 8.22. The van der Waals surface area contributed by atoms with Gasteiger partial charge in [0, 0.05) is 0 Å². The Kier molecular flexibility index (Phi) is 9.89. The van der Waals surface area contributed by atoms with Gasteiger partial charge in [0.25, 0.3) is 0 Å². The van der Waals surface area contributed by atoms with Crippen LogP contribution in [0.25, 0.3) is 0 Å². The van der Waals surface area contributed by atoms with Gasteiger partial charge in [0.05, 0.1) is 0 Å². The Morgan fingerprint density at radius 3 is 2.00 bits per heavy atom. The molecule has 1 aliphatic carbocycles. The van der Waals surface area contributed by atoms with Crippen molar-refractivity contribution in [2.24, 2.45) is 0 Å². The van der Waals surface area contributed by atoms with E-state index < -0.39 is 32.3 Å². The molecule has 6 heteroatoms. The SMILES string of the molecule is Cc1cc(C)cc([O][Ti]([C]2=C([Si](C)(C)C)C=CC2)[SiH](C)C)c1.Cl.Cl. The van der Waals surface area contributed by atoms with E-state index in [4.69, 9.17) is 3.32 Å². The largest absolute Gasteiger partial charge is 0.147 e. The summed E-state index contributed by atoms with van der Waals surface area (Å²) in [6, 6.07) is 6.66. The van der Waals surface area contributed by atoms with Gasteiger partial charge in [-0.15, -0.1) is 24.8 Å². The maximum Gasteiger partial charge on any atom is -0.147 e. The molecule has 0 amide bonds. The molecule has 0 aliphatic heterocycles. The smallest absolute Gasteiger partial charge is 0.147 e. The van der Waals surface area contributed by atoms with Gasteiger partial charge in [-0.25, -0.2) is 0 Å². The van der Waals surface area contributed by atoms with Crippen LogP contribution >= 0.6 is 24.8 Å². The third-order valence-corrected chi connectivity index (χ3v) is 16.7. The van der Waals surface area contributed by atoms with Crippen LogP contribution in [-0.2, 0) is 17.5 Å². The fraction of sp³-hybridized carbons (Fsp3) is 0.444. The third-order valence-electron chi connectivity index (χ3n) is 3.98. The first kappa shape index (κ1) is 24.2. The molecular weight excluding hydrogens is 407 g/mol. The minimum absolute atomic E-state index is 0. The first-order valence-corrected chi connectivity index (χ1v) is 18.7. The summed E-state index contributed by atoms with van der Waals surface area (Å²) in [4.78, 5) is 0. The van der Waals surface area contributed by atoms with Crippen LogP contribution in [0.2, 0.25) is 32.7 Å². The van der Waals surface area contributed by atoms with Crippen molar-refractivity contribution in [3.63, 3.8) is 0 Å². The molecule has 0 radical (unpaired) electrons. The fourth-order valence-electron chi connectivity index (χ4n) is 3.09. The van der Waals surface area contributed by atoms with E-state index >= 15 is 0 Å². The molecule has 0 bridgehead atoms. The van der Waals surface area contributed by atoms with Crippen molar-refractivity contribution < 1.29 is 20.8 Å². The number of hydrogen-bond acceptors (Lipinski definition) is 1. The summed E-state index contributed by atoms with van der Waals surface area (Å²) >= 11 is -1.62. The number of aryl methyl sites for hydroxylation is 2. The van der Waals surface area contributed by atoms with E-state index in [1.54, 1.807) is 9.07 Å². The number of allylic oxidation sites excluding steroid dienone is 4. The molecule has 1 aliphatic rings. The van der Waals surface area contributed by atoms with Crippen LogP contribution in [0.1, 0.15) is 17.5 Å². The molecule has 1 aromatic rings. The van der Waals surface area contributed by atoms with Gasteiger partial charge in [0.15, 0.2) is 0 Å². The standard InChI is InChI=1S/C8H10O.C8H13Si.C2H7Si.2ClH.Ti/c1-6-3-7(2)5-8(9)4-6;1-9(2,3)8-6-4-5-7-8;1-3-2;;;/h3-5,9H,1-2H3;4,6H,5H2,1-3H3;3H,1-2H3;2*1H;/q;;;;;+1/p-1. The Balaban J connectivity index is 0.00000264. The molecule has 2 rings (SSSR count). The average Bonchev–Trinajstić information content (AvgIpc) is 2.83. The van der Waals surface area contributed by atoms with Crippen molar-refractivity contribution in [1.82, 2.24) is 0 Å². The van der Waals surface area contributed by atoms with E-state index in [0.29, 0.717) is 0 Å². The number of rotatable bonds is 5. The van der Waals surface area contributed by atoms with Crippen molar-refractivity contribution in [3.8, 4) is 5.75 Å². The first-order chi connectivity index (χ1) is 10.2. The molecule has 0 saturated heterocycles. The summed E-state index contributed by atoms with van der Waals surface area (Å²) < 4.78 is 8.44. The molecule has 0 fully saturated rings. The molecule has 135 valence electrons.